The Labute approximate surface area is 68.5 Å². The Morgan fingerprint density at radius 2 is 2.22 bits per heavy atom. The second-order valence-electron chi connectivity index (χ2n) is 2.59. The molecular weight excluding hydrogens is 221 g/mol. The fourth-order valence-corrected chi connectivity index (χ4v) is 2.61. The molecule has 0 saturated heterocycles. The quantitative estimate of drug-likeness (QED) is 0.632. The van der Waals surface area contributed by atoms with Crippen LogP contribution in [0.5, 0.6) is 0 Å². The van der Waals surface area contributed by atoms with Gasteiger partial charge in [0, 0.05) is 0 Å². The number of amides is 1. The summed E-state index contributed by atoms with van der Waals surface area (Å²) in [5.41, 5.74) is 0. The third kappa shape index (κ3) is 1.23. The molecule has 1 aliphatic carbocycles. The number of rotatable bonds is 1. The van der Waals surface area contributed by atoms with Gasteiger partial charge >= 0.3 is 68.3 Å². The summed E-state index contributed by atoms with van der Waals surface area (Å²) in [5, 5.41) is 2.70. The molecule has 0 bridgehead atoms. The third-order valence-corrected chi connectivity index (χ3v) is 4.32. The van der Waals surface area contributed by atoms with Crippen LogP contribution in [0.2, 0.25) is 3.43 Å². The van der Waals surface area contributed by atoms with Gasteiger partial charge in [0.2, 0.25) is 0 Å². The second kappa shape index (κ2) is 2.48. The van der Waals surface area contributed by atoms with E-state index >= 15 is 0 Å². The Balaban J connectivity index is 2.49. The Morgan fingerprint density at radius 1 is 1.67 bits per heavy atom. The zero-order valence-corrected chi connectivity index (χ0v) is 8.90. The summed E-state index contributed by atoms with van der Waals surface area (Å²) in [6.45, 7) is 0. The van der Waals surface area contributed by atoms with Crippen LogP contribution in [0.3, 0.4) is 0 Å². The predicted octanol–water partition coefficient (Wildman–Crippen LogP) is -0.0242. The van der Waals surface area contributed by atoms with Gasteiger partial charge in [0.1, 0.15) is 0 Å². The zero-order valence-electron chi connectivity index (χ0n) is 5.61. The van der Waals surface area contributed by atoms with Crippen molar-refractivity contribution >= 4 is 28.4 Å². The number of nitrogens with one attached hydrogen (secondary N) is 1. The predicted molar refractivity (Wildman–Crippen MR) is 37.8 cm³/mol. The molecule has 0 atom stereocenters. The maximum atomic E-state index is 11.0. The van der Waals surface area contributed by atoms with Gasteiger partial charge in [0.25, 0.3) is 0 Å². The Kier molecular flexibility index (Phi) is 2.03. The van der Waals surface area contributed by atoms with Crippen LogP contribution in [0, 0.1) is 0 Å². The van der Waals surface area contributed by atoms with E-state index in [-0.39, 0.29) is 9.34 Å². The van der Waals surface area contributed by atoms with Gasteiger partial charge in [-0.3, -0.25) is 0 Å². The first-order valence-corrected chi connectivity index (χ1v) is 4.85. The zero-order chi connectivity index (χ0) is 6.91. The Hall–Kier alpha value is 0.269. The molecule has 0 spiro atoms. The van der Waals surface area contributed by atoms with Crippen LogP contribution < -0.4 is 5.32 Å². The van der Waals surface area contributed by atoms with Crippen molar-refractivity contribution in [3.8, 4) is 0 Å². The third-order valence-electron chi connectivity index (χ3n) is 1.93. The molecule has 0 heterocycles. The monoisotopic (exact) mass is 233 g/mol. The van der Waals surface area contributed by atoms with Crippen molar-refractivity contribution in [2.75, 3.05) is 7.05 Å². The van der Waals surface area contributed by atoms with Crippen molar-refractivity contribution in [3.05, 3.63) is 0 Å². The van der Waals surface area contributed by atoms with E-state index in [9.17, 15) is 4.79 Å². The normalized spacial score (nSPS) is 22.4. The molecule has 0 unspecified atom stereocenters. The van der Waals surface area contributed by atoms with Crippen molar-refractivity contribution in [1.82, 2.24) is 5.32 Å². The van der Waals surface area contributed by atoms with E-state index in [1.807, 2.05) is 0 Å². The van der Waals surface area contributed by atoms with Crippen LogP contribution in [0.1, 0.15) is 19.3 Å². The van der Waals surface area contributed by atoms with E-state index in [2.05, 4.69) is 5.32 Å². The standard InChI is InChI=1S/C6H10NO.Sn.H/c1-7-6(8)5-3-2-4-5;;/h2-4H2,1H3,(H,7,8);;. The van der Waals surface area contributed by atoms with Crippen molar-refractivity contribution < 1.29 is 4.79 Å². The number of carbonyl (C=O) groups is 1. The van der Waals surface area contributed by atoms with Crippen molar-refractivity contribution in [2.24, 2.45) is 0 Å². The summed E-state index contributed by atoms with van der Waals surface area (Å²) in [4.78, 5) is 11.0. The molecule has 3 heteroatoms. The molecule has 50 valence electrons. The molecule has 0 aromatic rings. The fraction of sp³-hybridized carbons (Fsp3) is 0.833. The van der Waals surface area contributed by atoms with Gasteiger partial charge in [-0.1, -0.05) is 0 Å². The van der Waals surface area contributed by atoms with E-state index in [1.165, 1.54) is 6.42 Å². The summed E-state index contributed by atoms with van der Waals surface area (Å²) >= 11 is 1.08. The second-order valence-corrected chi connectivity index (χ2v) is 5.74. The van der Waals surface area contributed by atoms with Crippen molar-refractivity contribution in [2.45, 2.75) is 22.7 Å². The SMILES string of the molecule is CNC(=O)[C]1([SnH])CCC1. The molecule has 0 aromatic heterocycles. The molecule has 1 rings (SSSR count). The minimum absolute atomic E-state index is 0.111. The van der Waals surface area contributed by atoms with Gasteiger partial charge in [0.15, 0.2) is 0 Å². The minimum atomic E-state index is 0.111. The van der Waals surface area contributed by atoms with E-state index in [0.717, 1.165) is 35.4 Å². The first-order valence-electron chi connectivity index (χ1n) is 3.20. The summed E-state index contributed by atoms with van der Waals surface area (Å²) in [7, 11) is 1.72. The van der Waals surface area contributed by atoms with Crippen LogP contribution in [0.15, 0.2) is 0 Å². The van der Waals surface area contributed by atoms with Crippen molar-refractivity contribution in [3.63, 3.8) is 0 Å². The molecule has 9 heavy (non-hydrogen) atoms. The number of hydrogen-bond donors (Lipinski definition) is 1. The molecule has 0 aromatic carbocycles. The van der Waals surface area contributed by atoms with E-state index in [1.54, 1.807) is 7.05 Å². The maximum absolute atomic E-state index is 11.0. The summed E-state index contributed by atoms with van der Waals surface area (Å²) in [6.07, 6.45) is 3.48. The van der Waals surface area contributed by atoms with Crippen LogP contribution in [-0.4, -0.2) is 35.5 Å². The van der Waals surface area contributed by atoms with Crippen molar-refractivity contribution in [1.29, 1.82) is 0 Å². The van der Waals surface area contributed by atoms with Crippen LogP contribution in [0.4, 0.5) is 0 Å². The molecule has 1 fully saturated rings. The molecule has 1 saturated carbocycles. The van der Waals surface area contributed by atoms with Crippen LogP contribution in [-0.2, 0) is 4.79 Å². The Bertz CT molecular complexity index is 131. The van der Waals surface area contributed by atoms with Gasteiger partial charge < -0.3 is 0 Å². The van der Waals surface area contributed by atoms with Gasteiger partial charge in [-0.25, -0.2) is 0 Å². The van der Waals surface area contributed by atoms with Gasteiger partial charge in [-0.15, -0.1) is 0 Å². The average molecular weight is 232 g/mol. The topological polar surface area (TPSA) is 29.1 Å². The summed E-state index contributed by atoms with van der Waals surface area (Å²) in [5.74, 6) is 0.260. The van der Waals surface area contributed by atoms with Gasteiger partial charge in [-0.05, 0) is 0 Å². The summed E-state index contributed by atoms with van der Waals surface area (Å²) < 4.78 is 0.111. The first kappa shape index (κ1) is 7.38. The average Bonchev–Trinajstić information content (AvgIpc) is 1.81. The number of carbonyl (C=O) groups excluding carboxylic acids is 1. The van der Waals surface area contributed by atoms with Gasteiger partial charge in [0.05, 0.1) is 0 Å². The molecule has 1 N–H and O–H groups in total. The van der Waals surface area contributed by atoms with E-state index < -0.39 is 0 Å². The first-order chi connectivity index (χ1) is 4.19. The van der Waals surface area contributed by atoms with Gasteiger partial charge in [-0.2, -0.15) is 0 Å². The molecule has 0 aliphatic heterocycles. The number of hydrogen-bond acceptors (Lipinski definition) is 1. The molecule has 2 radical (unpaired) electrons. The van der Waals surface area contributed by atoms with E-state index in [4.69, 9.17) is 0 Å². The summed E-state index contributed by atoms with van der Waals surface area (Å²) in [6, 6.07) is 0. The molecular formula is C6H11NOSn. The Morgan fingerprint density at radius 3 is 2.33 bits per heavy atom. The molecule has 2 nitrogen and oxygen atoms in total. The van der Waals surface area contributed by atoms with Crippen LogP contribution >= 0.6 is 0 Å². The molecule has 1 amide bonds. The molecule has 1 aliphatic rings. The van der Waals surface area contributed by atoms with E-state index in [0.29, 0.717) is 0 Å². The van der Waals surface area contributed by atoms with Crippen LogP contribution in [0.25, 0.3) is 0 Å². The fourth-order valence-electron chi connectivity index (χ4n) is 1.03.